The molecule has 3 heterocycles. The molecule has 1 aliphatic heterocycles. The van der Waals surface area contributed by atoms with Crippen LogP contribution in [0.2, 0.25) is 5.02 Å². The molecule has 4 rings (SSSR count). The molecule has 0 unspecified atom stereocenters. The second-order valence-electron chi connectivity index (χ2n) is 8.59. The van der Waals surface area contributed by atoms with Gasteiger partial charge in [0, 0.05) is 24.1 Å². The van der Waals surface area contributed by atoms with E-state index in [0.29, 0.717) is 0 Å². The number of pyridine rings is 1. The molecule has 32 heavy (non-hydrogen) atoms. The van der Waals surface area contributed by atoms with Crippen LogP contribution in [0.1, 0.15) is 41.1 Å². The maximum Gasteiger partial charge on any atom is 0.170 e. The highest BCUT2D eigenvalue weighted by Gasteiger charge is 2.41. The summed E-state index contributed by atoms with van der Waals surface area (Å²) >= 11 is 12.4. The average molecular weight is 468 g/mol. The fourth-order valence-corrected chi connectivity index (χ4v) is 5.19. The number of hydrogen-bond donors (Lipinski definition) is 1. The summed E-state index contributed by atoms with van der Waals surface area (Å²) in [5.41, 5.74) is 5.56. The van der Waals surface area contributed by atoms with Crippen LogP contribution in [-0.2, 0) is 0 Å². The molecule has 7 heteroatoms. The van der Waals surface area contributed by atoms with Crippen LogP contribution >= 0.6 is 23.8 Å². The van der Waals surface area contributed by atoms with E-state index in [1.807, 2.05) is 36.5 Å². The summed E-state index contributed by atoms with van der Waals surface area (Å²) < 4.78 is 2.24. The highest BCUT2D eigenvalue weighted by Crippen LogP contribution is 2.41. The van der Waals surface area contributed by atoms with Gasteiger partial charge in [-0.2, -0.15) is 0 Å². The molecule has 2 atom stereocenters. The lowest BCUT2D eigenvalue weighted by atomic mass is 9.96. The van der Waals surface area contributed by atoms with Crippen molar-refractivity contribution in [2.24, 2.45) is 0 Å². The van der Waals surface area contributed by atoms with Crippen LogP contribution in [0.3, 0.4) is 0 Å². The minimum atomic E-state index is -0.0109. The zero-order chi connectivity index (χ0) is 22.8. The highest BCUT2D eigenvalue weighted by molar-refractivity contribution is 7.80. The van der Waals surface area contributed by atoms with E-state index in [1.54, 1.807) is 0 Å². The molecule has 5 nitrogen and oxygen atoms in total. The third-order valence-electron chi connectivity index (χ3n) is 6.08. The molecule has 1 aromatic carbocycles. The van der Waals surface area contributed by atoms with Crippen LogP contribution in [-0.4, -0.2) is 51.6 Å². The lowest BCUT2D eigenvalue weighted by molar-refractivity contribution is 0.292. The van der Waals surface area contributed by atoms with Crippen molar-refractivity contribution in [3.05, 3.63) is 82.4 Å². The summed E-state index contributed by atoms with van der Waals surface area (Å²) in [7, 11) is 4.21. The Morgan fingerprint density at radius 1 is 1.12 bits per heavy atom. The normalized spacial score (nSPS) is 18.4. The predicted molar refractivity (Wildman–Crippen MR) is 136 cm³/mol. The van der Waals surface area contributed by atoms with Crippen LogP contribution in [0.25, 0.3) is 5.69 Å². The quantitative estimate of drug-likeness (QED) is 0.491. The van der Waals surface area contributed by atoms with E-state index in [2.05, 4.69) is 70.8 Å². The molecule has 0 spiro atoms. The van der Waals surface area contributed by atoms with E-state index in [1.165, 1.54) is 11.3 Å². The van der Waals surface area contributed by atoms with Crippen LogP contribution in [0, 0.1) is 13.8 Å². The number of thiocarbonyl (C=S) groups is 1. The van der Waals surface area contributed by atoms with Crippen molar-refractivity contribution in [3.63, 3.8) is 0 Å². The number of nitrogens with one attached hydrogen (secondary N) is 1. The van der Waals surface area contributed by atoms with Gasteiger partial charge in [-0.1, -0.05) is 29.8 Å². The minimum absolute atomic E-state index is 0.0109. The first-order chi connectivity index (χ1) is 15.4. The fourth-order valence-electron chi connectivity index (χ4n) is 4.63. The number of rotatable bonds is 7. The molecular weight excluding hydrogens is 438 g/mol. The second-order valence-corrected chi connectivity index (χ2v) is 9.38. The molecule has 168 valence electrons. The molecule has 3 aromatic rings. The number of benzene rings is 1. The van der Waals surface area contributed by atoms with Gasteiger partial charge in [0.25, 0.3) is 0 Å². The highest BCUT2D eigenvalue weighted by atomic mass is 35.5. The van der Waals surface area contributed by atoms with Gasteiger partial charge in [-0.25, -0.2) is 0 Å². The molecule has 0 bridgehead atoms. The van der Waals surface area contributed by atoms with Crippen molar-refractivity contribution in [3.8, 4) is 5.69 Å². The van der Waals surface area contributed by atoms with Crippen molar-refractivity contribution >= 4 is 28.9 Å². The van der Waals surface area contributed by atoms with E-state index in [4.69, 9.17) is 23.8 Å². The average Bonchev–Trinajstić information content (AvgIpc) is 3.24. The van der Waals surface area contributed by atoms with Gasteiger partial charge in [-0.05, 0) is 89.0 Å². The lowest BCUT2D eigenvalue weighted by Gasteiger charge is -2.28. The van der Waals surface area contributed by atoms with E-state index >= 15 is 0 Å². The van der Waals surface area contributed by atoms with E-state index in [0.717, 1.165) is 46.7 Å². The smallest absolute Gasteiger partial charge is 0.170 e. The Labute approximate surface area is 201 Å². The topological polar surface area (TPSA) is 36.3 Å². The molecule has 0 aliphatic carbocycles. The molecule has 1 aliphatic rings. The van der Waals surface area contributed by atoms with Gasteiger partial charge in [0.15, 0.2) is 5.11 Å². The monoisotopic (exact) mass is 467 g/mol. The standard InChI is InChI=1S/C25H30ClN5S/c1-17-16-19(18(2)31(17)22-12-6-5-10-20(22)26)24-23(21-11-7-8-13-27-21)28-25(32)30(24)15-9-14-29(3)4/h5-8,10-13,16,23-24H,9,14-15H2,1-4H3,(H,28,32)/t23-,24-/m1/s1. The van der Waals surface area contributed by atoms with Gasteiger partial charge >= 0.3 is 0 Å². The van der Waals surface area contributed by atoms with Crippen LogP contribution in [0.4, 0.5) is 0 Å². The number of aryl methyl sites for hydroxylation is 1. The summed E-state index contributed by atoms with van der Waals surface area (Å²) in [4.78, 5) is 9.20. The first-order valence-electron chi connectivity index (χ1n) is 10.9. The second kappa shape index (κ2) is 9.61. The van der Waals surface area contributed by atoms with Crippen molar-refractivity contribution in [1.82, 2.24) is 24.7 Å². The summed E-state index contributed by atoms with van der Waals surface area (Å²) in [5.74, 6) is 0. The van der Waals surface area contributed by atoms with Gasteiger partial charge in [0.05, 0.1) is 28.5 Å². The zero-order valence-electron chi connectivity index (χ0n) is 19.0. The Bertz CT molecular complexity index is 1090. The summed E-state index contributed by atoms with van der Waals surface area (Å²) in [6.07, 6.45) is 2.88. The number of halogens is 1. The number of para-hydroxylation sites is 1. The number of nitrogens with zero attached hydrogens (tertiary/aromatic N) is 4. The van der Waals surface area contributed by atoms with Crippen LogP contribution in [0.15, 0.2) is 54.7 Å². The molecule has 1 N–H and O–H groups in total. The Hall–Kier alpha value is -2.41. The first kappa shape index (κ1) is 22.8. The van der Waals surface area contributed by atoms with E-state index in [-0.39, 0.29) is 12.1 Å². The van der Waals surface area contributed by atoms with E-state index in [9.17, 15) is 0 Å². The van der Waals surface area contributed by atoms with Crippen molar-refractivity contribution in [2.45, 2.75) is 32.4 Å². The van der Waals surface area contributed by atoms with Crippen molar-refractivity contribution in [2.75, 3.05) is 27.2 Å². The van der Waals surface area contributed by atoms with Gasteiger partial charge in [-0.3, -0.25) is 4.98 Å². The molecule has 0 radical (unpaired) electrons. The predicted octanol–water partition coefficient (Wildman–Crippen LogP) is 5.07. The minimum Gasteiger partial charge on any atom is -0.352 e. The SMILES string of the molecule is Cc1cc([C@@H]2[C@@H](c3ccccn3)NC(=S)N2CCCN(C)C)c(C)n1-c1ccccc1Cl. The van der Waals surface area contributed by atoms with Crippen LogP contribution < -0.4 is 5.32 Å². The Morgan fingerprint density at radius 3 is 2.56 bits per heavy atom. The van der Waals surface area contributed by atoms with Crippen molar-refractivity contribution in [1.29, 1.82) is 0 Å². The maximum atomic E-state index is 6.57. The Morgan fingerprint density at radius 2 is 1.88 bits per heavy atom. The zero-order valence-corrected chi connectivity index (χ0v) is 20.6. The van der Waals surface area contributed by atoms with Gasteiger partial charge in [0.1, 0.15) is 0 Å². The molecule has 0 amide bonds. The fraction of sp³-hybridized carbons (Fsp3) is 0.360. The summed E-state index contributed by atoms with van der Waals surface area (Å²) in [5, 5.41) is 5.08. The van der Waals surface area contributed by atoms with E-state index < -0.39 is 0 Å². The maximum absolute atomic E-state index is 6.57. The van der Waals surface area contributed by atoms with Gasteiger partial charge < -0.3 is 19.7 Å². The third-order valence-corrected chi connectivity index (χ3v) is 6.76. The summed E-state index contributed by atoms with van der Waals surface area (Å²) in [6, 6.07) is 16.4. The summed E-state index contributed by atoms with van der Waals surface area (Å²) in [6.45, 7) is 6.19. The van der Waals surface area contributed by atoms with Gasteiger partial charge in [0.2, 0.25) is 0 Å². The first-order valence-corrected chi connectivity index (χ1v) is 11.7. The Balaban J connectivity index is 1.78. The molecular formula is C25H30ClN5S. The largest absolute Gasteiger partial charge is 0.352 e. The molecule has 1 saturated heterocycles. The number of hydrogen-bond acceptors (Lipinski definition) is 3. The van der Waals surface area contributed by atoms with Crippen LogP contribution in [0.5, 0.6) is 0 Å². The number of aromatic nitrogens is 2. The third kappa shape index (κ3) is 4.40. The molecule has 1 fully saturated rings. The van der Waals surface area contributed by atoms with Gasteiger partial charge in [-0.15, -0.1) is 0 Å². The van der Waals surface area contributed by atoms with Crippen molar-refractivity contribution < 1.29 is 0 Å². The molecule has 2 aromatic heterocycles. The lowest BCUT2D eigenvalue weighted by Crippen LogP contribution is -2.32. The Kier molecular flexibility index (Phi) is 6.84. The molecule has 0 saturated carbocycles.